The van der Waals surface area contributed by atoms with E-state index in [1.54, 1.807) is 0 Å². The minimum atomic E-state index is -0.289. The number of hydrogen-bond acceptors (Lipinski definition) is 3. The molecule has 1 aliphatic carbocycles. The van der Waals surface area contributed by atoms with E-state index in [9.17, 15) is 4.79 Å². The van der Waals surface area contributed by atoms with Gasteiger partial charge < -0.3 is 15.8 Å². The zero-order chi connectivity index (χ0) is 14.4. The van der Waals surface area contributed by atoms with Crippen LogP contribution in [0.15, 0.2) is 24.3 Å². The van der Waals surface area contributed by atoms with Crippen molar-refractivity contribution in [3.63, 3.8) is 0 Å². The molecule has 20 heavy (non-hydrogen) atoms. The molecule has 0 unspecified atom stereocenters. The fourth-order valence-electron chi connectivity index (χ4n) is 2.74. The summed E-state index contributed by atoms with van der Waals surface area (Å²) in [6.45, 7) is 2.56. The van der Waals surface area contributed by atoms with Crippen LogP contribution in [0.1, 0.15) is 37.7 Å². The van der Waals surface area contributed by atoms with Crippen LogP contribution in [0.25, 0.3) is 0 Å². The molecule has 4 heteroatoms. The molecule has 0 saturated heterocycles. The first-order valence-corrected chi connectivity index (χ1v) is 7.34. The van der Waals surface area contributed by atoms with Crippen molar-refractivity contribution in [2.24, 2.45) is 5.73 Å². The molecule has 1 aromatic rings. The third-order valence-electron chi connectivity index (χ3n) is 3.95. The summed E-state index contributed by atoms with van der Waals surface area (Å²) in [6, 6.07) is 7.74. The molecule has 2 rings (SSSR count). The first-order valence-electron chi connectivity index (χ1n) is 7.34. The van der Waals surface area contributed by atoms with Crippen LogP contribution in [0.5, 0.6) is 0 Å². The Hall–Kier alpha value is -1.39. The predicted molar refractivity (Wildman–Crippen MR) is 80.6 cm³/mol. The molecule has 1 aromatic carbocycles. The summed E-state index contributed by atoms with van der Waals surface area (Å²) < 4.78 is 5.85. The van der Waals surface area contributed by atoms with Gasteiger partial charge in [-0.15, -0.1) is 0 Å². The van der Waals surface area contributed by atoms with Gasteiger partial charge in [-0.2, -0.15) is 0 Å². The minimum Gasteiger partial charge on any atom is -0.364 e. The Morgan fingerprint density at radius 3 is 2.75 bits per heavy atom. The number of nitrogens with two attached hydrogens (primary N) is 1. The van der Waals surface area contributed by atoms with Gasteiger partial charge in [-0.05, 0) is 37.5 Å². The number of benzene rings is 1. The predicted octanol–water partition coefficient (Wildman–Crippen LogP) is 2.61. The van der Waals surface area contributed by atoms with Crippen LogP contribution >= 0.6 is 0 Å². The third-order valence-corrected chi connectivity index (χ3v) is 3.95. The highest BCUT2D eigenvalue weighted by Gasteiger charge is 2.32. The van der Waals surface area contributed by atoms with E-state index >= 15 is 0 Å². The monoisotopic (exact) mass is 276 g/mol. The van der Waals surface area contributed by atoms with E-state index in [1.807, 2.05) is 31.2 Å². The maximum Gasteiger partial charge on any atom is 0.250 e. The number of carbonyl (C=O) groups excluding carboxylic acids is 1. The van der Waals surface area contributed by atoms with Crippen molar-refractivity contribution in [2.75, 3.05) is 18.5 Å². The molecule has 1 saturated carbocycles. The standard InChI is InChI=1S/C16H24N2O2/c1-13-6-5-7-14(10-13)18-15(19)11-20-16(12-17)8-3-2-4-9-16/h5-7,10H,2-4,8-9,11-12,17H2,1H3,(H,18,19). The van der Waals surface area contributed by atoms with Crippen molar-refractivity contribution in [2.45, 2.75) is 44.6 Å². The number of aryl methyl sites for hydroxylation is 1. The van der Waals surface area contributed by atoms with E-state index in [1.165, 1.54) is 6.42 Å². The van der Waals surface area contributed by atoms with Crippen LogP contribution < -0.4 is 11.1 Å². The summed E-state index contributed by atoms with van der Waals surface area (Å²) in [5.74, 6) is -0.117. The molecule has 0 aliphatic heterocycles. The van der Waals surface area contributed by atoms with Gasteiger partial charge in [-0.3, -0.25) is 4.79 Å². The molecule has 4 nitrogen and oxygen atoms in total. The molecule has 1 fully saturated rings. The second-order valence-corrected chi connectivity index (χ2v) is 5.65. The molecule has 0 radical (unpaired) electrons. The summed E-state index contributed by atoms with van der Waals surface area (Å²) in [6.07, 6.45) is 5.43. The number of ether oxygens (including phenoxy) is 1. The summed E-state index contributed by atoms with van der Waals surface area (Å²) in [5, 5.41) is 2.86. The molecule has 1 amide bonds. The molecule has 3 N–H and O–H groups in total. The topological polar surface area (TPSA) is 64.3 Å². The summed E-state index contributed by atoms with van der Waals surface area (Å²) >= 11 is 0. The van der Waals surface area contributed by atoms with Gasteiger partial charge in [0.25, 0.3) is 0 Å². The van der Waals surface area contributed by atoms with Gasteiger partial charge in [-0.1, -0.05) is 31.4 Å². The van der Waals surface area contributed by atoms with Crippen molar-refractivity contribution in [3.8, 4) is 0 Å². The maximum absolute atomic E-state index is 11.9. The lowest BCUT2D eigenvalue weighted by atomic mass is 9.85. The lowest BCUT2D eigenvalue weighted by Crippen LogP contribution is -2.44. The molecule has 0 aromatic heterocycles. The van der Waals surface area contributed by atoms with E-state index in [2.05, 4.69) is 5.32 Å². The maximum atomic E-state index is 11.9. The first kappa shape index (κ1) is 15.0. The zero-order valence-electron chi connectivity index (χ0n) is 12.2. The minimum absolute atomic E-state index is 0.0745. The average molecular weight is 276 g/mol. The number of nitrogens with one attached hydrogen (secondary N) is 1. The Balaban J connectivity index is 1.85. The van der Waals surface area contributed by atoms with Crippen LogP contribution in [-0.4, -0.2) is 24.7 Å². The van der Waals surface area contributed by atoms with Crippen molar-refractivity contribution in [1.29, 1.82) is 0 Å². The van der Waals surface area contributed by atoms with Crippen LogP contribution in [0, 0.1) is 6.92 Å². The van der Waals surface area contributed by atoms with Gasteiger partial charge in [0.1, 0.15) is 6.61 Å². The van der Waals surface area contributed by atoms with Gasteiger partial charge in [-0.25, -0.2) is 0 Å². The number of amides is 1. The van der Waals surface area contributed by atoms with Crippen molar-refractivity contribution in [1.82, 2.24) is 0 Å². The van der Waals surface area contributed by atoms with Crippen LogP contribution in [0.3, 0.4) is 0 Å². The van der Waals surface area contributed by atoms with Crippen molar-refractivity contribution >= 4 is 11.6 Å². The summed E-state index contributed by atoms with van der Waals surface area (Å²) in [7, 11) is 0. The molecular formula is C16H24N2O2. The van der Waals surface area contributed by atoms with Crippen LogP contribution in [-0.2, 0) is 9.53 Å². The molecule has 0 spiro atoms. The average Bonchev–Trinajstić information content (AvgIpc) is 2.46. The van der Waals surface area contributed by atoms with E-state index in [0.717, 1.165) is 36.9 Å². The Bertz CT molecular complexity index is 454. The Labute approximate surface area is 120 Å². The Kier molecular flexibility index (Phi) is 5.15. The molecule has 110 valence electrons. The van der Waals surface area contributed by atoms with Gasteiger partial charge in [0.2, 0.25) is 5.91 Å². The van der Waals surface area contributed by atoms with Gasteiger partial charge in [0.15, 0.2) is 0 Å². The normalized spacial score (nSPS) is 17.7. The highest BCUT2D eigenvalue weighted by atomic mass is 16.5. The van der Waals surface area contributed by atoms with Gasteiger partial charge in [0.05, 0.1) is 5.60 Å². The van der Waals surface area contributed by atoms with Gasteiger partial charge in [0, 0.05) is 12.2 Å². The third kappa shape index (κ3) is 4.05. The lowest BCUT2D eigenvalue weighted by Gasteiger charge is -2.35. The van der Waals surface area contributed by atoms with Crippen LogP contribution in [0.4, 0.5) is 5.69 Å². The molecule has 0 heterocycles. The number of anilines is 1. The quantitative estimate of drug-likeness (QED) is 0.869. The van der Waals surface area contributed by atoms with Crippen molar-refractivity contribution < 1.29 is 9.53 Å². The number of hydrogen-bond donors (Lipinski definition) is 2. The lowest BCUT2D eigenvalue weighted by molar-refractivity contribution is -0.130. The van der Waals surface area contributed by atoms with E-state index < -0.39 is 0 Å². The van der Waals surface area contributed by atoms with Gasteiger partial charge >= 0.3 is 0 Å². The smallest absolute Gasteiger partial charge is 0.250 e. The van der Waals surface area contributed by atoms with E-state index in [0.29, 0.717) is 6.54 Å². The fourth-order valence-corrected chi connectivity index (χ4v) is 2.74. The molecule has 0 bridgehead atoms. The second-order valence-electron chi connectivity index (χ2n) is 5.65. The largest absolute Gasteiger partial charge is 0.364 e. The number of carbonyl (C=O) groups is 1. The molecule has 0 atom stereocenters. The van der Waals surface area contributed by atoms with Crippen LogP contribution in [0.2, 0.25) is 0 Å². The number of rotatable bonds is 5. The highest BCUT2D eigenvalue weighted by molar-refractivity contribution is 5.91. The Morgan fingerprint density at radius 2 is 2.10 bits per heavy atom. The molecular weight excluding hydrogens is 252 g/mol. The summed E-state index contributed by atoms with van der Waals surface area (Å²) in [4.78, 5) is 11.9. The SMILES string of the molecule is Cc1cccc(NC(=O)COC2(CN)CCCCC2)c1. The zero-order valence-corrected chi connectivity index (χ0v) is 12.2. The molecule has 1 aliphatic rings. The summed E-state index contributed by atoms with van der Waals surface area (Å²) in [5.41, 5.74) is 7.48. The highest BCUT2D eigenvalue weighted by Crippen LogP contribution is 2.30. The van der Waals surface area contributed by atoms with Crippen molar-refractivity contribution in [3.05, 3.63) is 29.8 Å². The second kappa shape index (κ2) is 6.86. The Morgan fingerprint density at radius 1 is 1.35 bits per heavy atom. The first-order chi connectivity index (χ1) is 9.63. The fraction of sp³-hybridized carbons (Fsp3) is 0.562. The van der Waals surface area contributed by atoms with E-state index in [4.69, 9.17) is 10.5 Å². The van der Waals surface area contributed by atoms with E-state index in [-0.39, 0.29) is 18.1 Å².